The number of likely N-dealkylation sites (tertiary alicyclic amines) is 1. The maximum atomic E-state index is 15.2. The van der Waals surface area contributed by atoms with E-state index in [0.29, 0.717) is 85.3 Å². The summed E-state index contributed by atoms with van der Waals surface area (Å²) < 4.78 is 107. The summed E-state index contributed by atoms with van der Waals surface area (Å²) in [7, 11) is 5.51. The van der Waals surface area contributed by atoms with Gasteiger partial charge >= 0.3 is 25.0 Å². The van der Waals surface area contributed by atoms with Gasteiger partial charge in [0.15, 0.2) is 34.6 Å². The molecule has 10 N–H and O–H groups in total. The van der Waals surface area contributed by atoms with Gasteiger partial charge in [0.05, 0.1) is 40.5 Å². The number of nitrogens with one attached hydrogen (secondary N) is 5. The topological polar surface area (TPSA) is 341 Å². The molecule has 6 aromatic carbocycles. The van der Waals surface area contributed by atoms with Crippen LogP contribution in [0, 0.1) is 34.9 Å². The Morgan fingerprint density at radius 3 is 1.37 bits per heavy atom. The van der Waals surface area contributed by atoms with E-state index in [2.05, 4.69) is 56.3 Å². The van der Waals surface area contributed by atoms with Crippen LogP contribution in [-0.4, -0.2) is 216 Å². The quantitative estimate of drug-likeness (QED) is 0.0109. The first-order valence-corrected chi connectivity index (χ1v) is 43.2. The number of methoxy groups -OCH3 is 4. The van der Waals surface area contributed by atoms with Gasteiger partial charge in [0.1, 0.15) is 51.5 Å². The van der Waals surface area contributed by atoms with Crippen LogP contribution in [0.25, 0.3) is 27.9 Å². The van der Waals surface area contributed by atoms with Crippen LogP contribution >= 0.6 is 11.6 Å². The van der Waals surface area contributed by atoms with E-state index in [1.807, 2.05) is 62.5 Å². The molecule has 2 aromatic heterocycles. The average molecular weight is 1810 g/mol. The predicted octanol–water partition coefficient (Wildman–Crippen LogP) is 12.1. The van der Waals surface area contributed by atoms with Crippen molar-refractivity contribution in [3.05, 3.63) is 178 Å². The van der Waals surface area contributed by atoms with Crippen LogP contribution in [0.5, 0.6) is 23.0 Å². The minimum Gasteiger partial charge on any atom is -0.870 e. The number of piperazine rings is 3. The second-order valence-corrected chi connectivity index (χ2v) is 33.4. The number of nitrogens with zero attached hydrogens (tertiary/aromatic N) is 9. The fourth-order valence-corrected chi connectivity index (χ4v) is 18.0. The molecule has 0 spiro atoms. The molecule has 8 aliphatic rings. The number of aromatic nitrogens is 4. The predicted molar refractivity (Wildman–Crippen MR) is 486 cm³/mol. The zero-order chi connectivity index (χ0) is 89.8. The fourth-order valence-electron chi connectivity index (χ4n) is 17.8. The van der Waals surface area contributed by atoms with Gasteiger partial charge in [-0.3, -0.25) is 20.7 Å². The Hall–Kier alpha value is -10.1. The number of amides is 4. The average Bonchev–Trinajstić information content (AvgIpc) is 1.72. The van der Waals surface area contributed by atoms with Crippen molar-refractivity contribution in [2.45, 2.75) is 218 Å². The van der Waals surface area contributed by atoms with Crippen molar-refractivity contribution in [1.29, 1.82) is 0 Å². The normalized spacial score (nSPS) is 20.2. The van der Waals surface area contributed by atoms with Crippen LogP contribution in [-0.2, 0) is 23.9 Å². The number of carbonyl (C=O) groups excluding carboxylic acids is 5. The van der Waals surface area contributed by atoms with Gasteiger partial charge in [0.25, 0.3) is 0 Å². The van der Waals surface area contributed by atoms with Crippen molar-refractivity contribution in [3.8, 4) is 23.0 Å². The number of piperidine rings is 1. The molecule has 35 heteroatoms. The number of nitrogens with two attached hydrogens (primary N) is 2. The molecule has 27 nitrogen and oxygen atoms in total. The summed E-state index contributed by atoms with van der Waals surface area (Å²) in [6.07, 6.45) is 18.3. The number of fused-ring (bicyclic) bond motifs is 10. The van der Waals surface area contributed by atoms with Gasteiger partial charge in [-0.25, -0.2) is 46.1 Å². The summed E-state index contributed by atoms with van der Waals surface area (Å²) >= 11 is 5.62. The van der Waals surface area contributed by atoms with E-state index in [1.165, 1.54) is 121 Å². The molecule has 8 bridgehead atoms. The molecule has 4 amide bonds. The van der Waals surface area contributed by atoms with Gasteiger partial charge in [-0.2, -0.15) is 4.98 Å². The first-order chi connectivity index (χ1) is 60.1. The Morgan fingerprint density at radius 2 is 0.946 bits per heavy atom. The summed E-state index contributed by atoms with van der Waals surface area (Å²) in [5.74, 6) is -1.19. The van der Waals surface area contributed by atoms with Gasteiger partial charge in [0.2, 0.25) is 29.0 Å². The molecular formula is C94H125ClF6LiN16O11-. The van der Waals surface area contributed by atoms with Crippen molar-refractivity contribution >= 4 is 87.2 Å². The molecule has 8 saturated heterocycles. The molecule has 698 valence electrons. The summed E-state index contributed by atoms with van der Waals surface area (Å²) in [4.78, 5) is 87.0. The maximum Gasteiger partial charge on any atom is 1.00 e. The van der Waals surface area contributed by atoms with E-state index < -0.39 is 11.6 Å². The molecular weight excluding hydrogens is 1690 g/mol. The molecule has 10 heterocycles. The number of anilines is 3. The molecule has 0 radical (unpaired) electrons. The second-order valence-electron chi connectivity index (χ2n) is 33.1. The van der Waals surface area contributed by atoms with E-state index >= 15 is 4.39 Å². The summed E-state index contributed by atoms with van der Waals surface area (Å²) in [5, 5.41) is 17.3. The number of halogens is 7. The first-order valence-electron chi connectivity index (χ1n) is 42.9. The minimum absolute atomic E-state index is 0. The molecule has 8 aromatic rings. The number of nitrogen functional groups attached to an aromatic ring is 2. The van der Waals surface area contributed by atoms with Crippen LogP contribution < -0.4 is 80.8 Å². The third-order valence-electron chi connectivity index (χ3n) is 23.6. The molecule has 8 aliphatic heterocycles. The van der Waals surface area contributed by atoms with Crippen LogP contribution in [0.3, 0.4) is 0 Å². The van der Waals surface area contributed by atoms with Crippen molar-refractivity contribution in [3.63, 3.8) is 0 Å². The van der Waals surface area contributed by atoms with E-state index in [1.54, 1.807) is 60.7 Å². The third kappa shape index (κ3) is 27.5. The maximum absolute atomic E-state index is 15.2. The van der Waals surface area contributed by atoms with Gasteiger partial charge in [-0.05, 0) is 212 Å². The molecule has 8 fully saturated rings. The Labute approximate surface area is 770 Å². The Balaban J connectivity index is 0.000000217. The number of ether oxygens (including phenoxy) is 5. The third-order valence-corrected chi connectivity index (χ3v) is 23.8. The van der Waals surface area contributed by atoms with Crippen molar-refractivity contribution in [1.82, 2.24) is 66.1 Å². The fraction of sp³-hybridized carbons (Fsp3) is 0.500. The molecule has 8 unspecified atom stereocenters. The SMILES string of the molecule is C.C.CC(C)(C)OC(=O)N1CC2CCC(C1)N2.CCN[C@H](CC(=O)N1C2CCC1CNC2)c1ccc(F)cc1.CCN[C@H](CC(=O)N1C2CCCC1CC2)c1ccc(F)cc1.CCN[C@H](C[C-]=O)c1ccc(F)cc1.COc1cc2c(N)nc(Cl)nc2c(F)c1OC.COc1cc2c(N)nc(N3CC4CCC(C3)N4C(=O)C=Cc3ccc(F)cc3)nc2c(F)c1OC.[Li+].[OH-]. The van der Waals surface area contributed by atoms with E-state index in [-0.39, 0.29) is 173 Å². The van der Waals surface area contributed by atoms with Gasteiger partial charge in [0, 0.05) is 123 Å². The molecule has 0 aliphatic carbocycles. The van der Waals surface area contributed by atoms with Gasteiger partial charge in [-0.1, -0.05) is 84.2 Å². The zero-order valence-electron chi connectivity index (χ0n) is 74.0. The second kappa shape index (κ2) is 49.8. The van der Waals surface area contributed by atoms with Crippen LogP contribution in [0.4, 0.5) is 48.7 Å². The monoisotopic (exact) mass is 1810 g/mol. The molecule has 16 rings (SSSR count). The zero-order valence-corrected chi connectivity index (χ0v) is 74.8. The van der Waals surface area contributed by atoms with Crippen LogP contribution in [0.1, 0.15) is 187 Å². The summed E-state index contributed by atoms with van der Waals surface area (Å²) in [6.45, 7) is 18.5. The number of hydrogen-bond donors (Lipinski definition) is 7. The van der Waals surface area contributed by atoms with Gasteiger partial charge in [-0.15, -0.1) is 6.42 Å². The van der Waals surface area contributed by atoms with E-state index in [4.69, 9.17) is 46.8 Å². The van der Waals surface area contributed by atoms with Crippen molar-refractivity contribution in [2.75, 3.05) is 104 Å². The number of rotatable bonds is 22. The number of hydrogen-bond acceptors (Lipinski definition) is 23. The summed E-state index contributed by atoms with van der Waals surface area (Å²) in [5.41, 5.74) is 15.1. The summed E-state index contributed by atoms with van der Waals surface area (Å²) in [6, 6.07) is 30.5. The first kappa shape index (κ1) is 106. The molecule has 0 saturated carbocycles. The molecule has 11 atom stereocenters. The van der Waals surface area contributed by atoms with Gasteiger partial charge < -0.3 is 96.5 Å². The Morgan fingerprint density at radius 1 is 0.543 bits per heavy atom. The van der Waals surface area contributed by atoms with Crippen molar-refractivity contribution in [2.24, 2.45) is 0 Å². The minimum atomic E-state index is -0.683. The number of carbonyl (C=O) groups is 4. The molecule has 129 heavy (non-hydrogen) atoms. The Bertz CT molecular complexity index is 4850. The van der Waals surface area contributed by atoms with Crippen molar-refractivity contribution < 1.29 is 98.3 Å². The van der Waals surface area contributed by atoms with E-state index in [0.717, 1.165) is 107 Å². The van der Waals surface area contributed by atoms with Crippen LogP contribution in [0.15, 0.2) is 115 Å². The number of benzene rings is 6. The Kier molecular flexibility index (Phi) is 40.9. The smallest absolute Gasteiger partial charge is 0.870 e. The van der Waals surface area contributed by atoms with Crippen LogP contribution in [0.2, 0.25) is 5.28 Å². The largest absolute Gasteiger partial charge is 1.00 e. The van der Waals surface area contributed by atoms with E-state index in [9.17, 15) is 45.9 Å². The standard InChI is InChI=1S/C25H25F2N5O3.C18H25FN2O.C17H24FN3O.C11H13FNO.C11H20N2O2.C10H9ClFN3O2.2CH4.Li.H2O/c1-34-19-11-18-22(21(27)23(19)35-2)29-25(30-24(18)28)31-12-16-8-9-17(13-31)32(16)20(33)10-5-14-3-6-15(26)7-4-14;1-2-20-17(13-6-8-14(19)9-7-13)12-18(22)21-15-4-3-5-16(21)11-10-15;1-2-20-16(12-3-5-13(18)6-4-12)9-17(22)21-14-7-8-15(21)11-19-10-14;1-2-13-11(7-8-14)9-3-5-10(12)6-4-9;1-11(2,3)15-10(14)13-6-8-4-5-9(7-13)12-8;1-16-5-3-4-7(6(12)8(5)17-2)14-10(11)15-9(4)13;;;;/h3-7,10-11,16-17H,8-9,12-13H2,1-2H3,(H2,28,29,30);6-9,15-17,20H,2-5,10-12H2,1H3;3-6,14-16,19-20H,2,7-11H2,1H3;3-6,11,13H,2,7H2,1H3;8-9,12H,4-7H2,1-3H3;3H,1-2H3,(H2,13,14,15);2*1H4;;1H2/q;;;-1;;;;;+1;/p-1/t;15?,16?,17-;14?,15?,16-;11-;;;;;;/m.111....../s1.